The average molecular weight is 232 g/mol. The van der Waals surface area contributed by atoms with Gasteiger partial charge in [0.1, 0.15) is 5.82 Å². The zero-order valence-corrected chi connectivity index (χ0v) is 9.39. The molecule has 4 nitrogen and oxygen atoms in total. The van der Waals surface area contributed by atoms with Gasteiger partial charge in [0, 0.05) is 11.9 Å². The number of hydrogen-bond acceptors (Lipinski definition) is 4. The Morgan fingerprint density at radius 3 is 2.53 bits per heavy atom. The lowest BCUT2D eigenvalue weighted by molar-refractivity contribution is 0.595. The molecule has 0 spiro atoms. The molecule has 0 aromatic carbocycles. The van der Waals surface area contributed by atoms with Crippen LogP contribution in [0.25, 0.3) is 0 Å². The van der Waals surface area contributed by atoms with Crippen LogP contribution in [-0.4, -0.2) is 9.97 Å². The molecular weight excluding hydrogens is 219 g/mol. The summed E-state index contributed by atoms with van der Waals surface area (Å²) in [6, 6.07) is 6.47. The van der Waals surface area contributed by atoms with Crippen molar-refractivity contribution in [2.75, 3.05) is 0 Å². The monoisotopic (exact) mass is 232 g/mol. The van der Waals surface area contributed by atoms with E-state index in [9.17, 15) is 4.39 Å². The Balaban J connectivity index is 2.33. The van der Waals surface area contributed by atoms with Crippen LogP contribution < -0.4 is 11.3 Å². The zero-order chi connectivity index (χ0) is 12.3. The Morgan fingerprint density at radius 1 is 1.18 bits per heavy atom. The molecule has 3 N–H and O–H groups in total. The molecule has 0 fully saturated rings. The van der Waals surface area contributed by atoms with Gasteiger partial charge in [-0.25, -0.2) is 9.82 Å². The number of pyridine rings is 2. The largest absolute Gasteiger partial charge is 0.271 e. The van der Waals surface area contributed by atoms with Crippen LogP contribution in [0.3, 0.4) is 0 Å². The minimum atomic E-state index is -0.369. The van der Waals surface area contributed by atoms with Crippen LogP contribution >= 0.6 is 0 Å². The minimum Gasteiger partial charge on any atom is -0.271 e. The Kier molecular flexibility index (Phi) is 3.41. The van der Waals surface area contributed by atoms with E-state index in [0.717, 1.165) is 11.3 Å². The predicted octanol–water partition coefficient (Wildman–Crippen LogP) is 1.48. The van der Waals surface area contributed by atoms with Gasteiger partial charge in [0.25, 0.3) is 0 Å². The molecule has 17 heavy (non-hydrogen) atoms. The maximum Gasteiger partial charge on any atom is 0.141 e. The molecule has 1 unspecified atom stereocenters. The second kappa shape index (κ2) is 4.99. The van der Waals surface area contributed by atoms with E-state index >= 15 is 0 Å². The molecule has 1 atom stereocenters. The molecule has 0 saturated carbocycles. The number of aromatic nitrogens is 2. The average Bonchev–Trinajstić information content (AvgIpc) is 2.35. The quantitative estimate of drug-likeness (QED) is 0.621. The molecule has 2 rings (SSSR count). The van der Waals surface area contributed by atoms with Gasteiger partial charge in [-0.05, 0) is 30.7 Å². The van der Waals surface area contributed by atoms with Crippen LogP contribution in [0.1, 0.15) is 23.0 Å². The van der Waals surface area contributed by atoms with Gasteiger partial charge in [-0.3, -0.25) is 15.8 Å². The molecule has 0 amide bonds. The minimum absolute atomic E-state index is 0.288. The highest BCUT2D eigenvalue weighted by Crippen LogP contribution is 2.18. The lowest BCUT2D eigenvalue weighted by Crippen LogP contribution is -2.29. The Hall–Kier alpha value is -1.85. The van der Waals surface area contributed by atoms with Crippen molar-refractivity contribution in [3.8, 4) is 0 Å². The number of rotatable bonds is 3. The summed E-state index contributed by atoms with van der Waals surface area (Å²) in [7, 11) is 0. The standard InChI is InChI=1S/C12H13FN4/c1-8-2-3-9(6-15-8)12(17-14)11-5-4-10(13)7-16-11/h2-7,12,17H,14H2,1H3. The lowest BCUT2D eigenvalue weighted by Gasteiger charge is -2.15. The Morgan fingerprint density at radius 2 is 2.00 bits per heavy atom. The van der Waals surface area contributed by atoms with Crippen molar-refractivity contribution in [2.24, 2.45) is 5.84 Å². The van der Waals surface area contributed by atoms with E-state index in [4.69, 9.17) is 5.84 Å². The van der Waals surface area contributed by atoms with Crippen molar-refractivity contribution in [1.29, 1.82) is 0 Å². The van der Waals surface area contributed by atoms with E-state index in [-0.39, 0.29) is 11.9 Å². The highest BCUT2D eigenvalue weighted by Gasteiger charge is 2.13. The summed E-state index contributed by atoms with van der Waals surface area (Å²) in [5, 5.41) is 0. The van der Waals surface area contributed by atoms with Gasteiger partial charge in [-0.1, -0.05) is 6.07 Å². The van der Waals surface area contributed by atoms with E-state index in [1.807, 2.05) is 19.1 Å². The van der Waals surface area contributed by atoms with E-state index in [2.05, 4.69) is 15.4 Å². The smallest absolute Gasteiger partial charge is 0.141 e. The molecule has 2 aromatic heterocycles. The van der Waals surface area contributed by atoms with Crippen LogP contribution in [0.15, 0.2) is 36.7 Å². The second-order valence-electron chi connectivity index (χ2n) is 3.73. The third kappa shape index (κ3) is 2.64. The third-order valence-electron chi connectivity index (χ3n) is 2.48. The van der Waals surface area contributed by atoms with Crippen LogP contribution in [-0.2, 0) is 0 Å². The highest BCUT2D eigenvalue weighted by molar-refractivity contribution is 5.26. The topological polar surface area (TPSA) is 63.8 Å². The summed E-state index contributed by atoms with van der Waals surface area (Å²) in [5.41, 5.74) is 5.11. The maximum atomic E-state index is 12.8. The number of nitrogens with two attached hydrogens (primary N) is 1. The molecular formula is C12H13FN4. The van der Waals surface area contributed by atoms with Gasteiger partial charge in [-0.2, -0.15) is 0 Å². The van der Waals surface area contributed by atoms with E-state index in [0.29, 0.717) is 5.69 Å². The van der Waals surface area contributed by atoms with Crippen molar-refractivity contribution in [3.63, 3.8) is 0 Å². The second-order valence-corrected chi connectivity index (χ2v) is 3.73. The van der Waals surface area contributed by atoms with E-state index in [1.165, 1.54) is 12.3 Å². The van der Waals surface area contributed by atoms with Gasteiger partial charge in [0.2, 0.25) is 0 Å². The normalized spacial score (nSPS) is 12.4. The summed E-state index contributed by atoms with van der Waals surface area (Å²) in [5.74, 6) is 5.13. The third-order valence-corrected chi connectivity index (χ3v) is 2.48. The van der Waals surface area contributed by atoms with Crippen molar-refractivity contribution >= 4 is 0 Å². The van der Waals surface area contributed by atoms with Crippen molar-refractivity contribution in [1.82, 2.24) is 15.4 Å². The fourth-order valence-electron chi connectivity index (χ4n) is 1.56. The van der Waals surface area contributed by atoms with Crippen molar-refractivity contribution in [2.45, 2.75) is 13.0 Å². The molecule has 88 valence electrons. The number of aryl methyl sites for hydroxylation is 1. The molecule has 5 heteroatoms. The molecule has 0 aliphatic carbocycles. The van der Waals surface area contributed by atoms with Gasteiger partial charge < -0.3 is 0 Å². The first-order valence-corrected chi connectivity index (χ1v) is 5.21. The molecule has 0 aliphatic heterocycles. The fourth-order valence-corrected chi connectivity index (χ4v) is 1.56. The first kappa shape index (κ1) is 11.6. The van der Waals surface area contributed by atoms with Crippen LogP contribution in [0, 0.1) is 12.7 Å². The predicted molar refractivity (Wildman–Crippen MR) is 62.3 cm³/mol. The van der Waals surface area contributed by atoms with Crippen LogP contribution in [0.4, 0.5) is 4.39 Å². The van der Waals surface area contributed by atoms with E-state index < -0.39 is 0 Å². The molecule has 2 heterocycles. The summed E-state index contributed by atoms with van der Waals surface area (Å²) in [4.78, 5) is 8.20. The van der Waals surface area contributed by atoms with Gasteiger partial charge in [0.05, 0.1) is 17.9 Å². The van der Waals surface area contributed by atoms with Crippen LogP contribution in [0.5, 0.6) is 0 Å². The molecule has 0 aliphatic rings. The van der Waals surface area contributed by atoms with Gasteiger partial charge in [0.15, 0.2) is 0 Å². The number of hydrogen-bond donors (Lipinski definition) is 2. The van der Waals surface area contributed by atoms with Crippen molar-refractivity contribution in [3.05, 3.63) is 59.4 Å². The van der Waals surface area contributed by atoms with Crippen molar-refractivity contribution < 1.29 is 4.39 Å². The first-order valence-electron chi connectivity index (χ1n) is 5.21. The fraction of sp³-hybridized carbons (Fsp3) is 0.167. The summed E-state index contributed by atoms with van der Waals surface area (Å²) in [6.07, 6.45) is 2.90. The van der Waals surface area contributed by atoms with Gasteiger partial charge >= 0.3 is 0 Å². The Labute approximate surface area is 98.7 Å². The first-order chi connectivity index (χ1) is 8.20. The number of halogens is 1. The Bertz CT molecular complexity index is 435. The number of hydrazine groups is 1. The number of nitrogens with zero attached hydrogens (tertiary/aromatic N) is 2. The number of nitrogens with one attached hydrogen (secondary N) is 1. The summed E-state index contributed by atoms with van der Waals surface area (Å²) < 4.78 is 12.8. The summed E-state index contributed by atoms with van der Waals surface area (Å²) >= 11 is 0. The van der Waals surface area contributed by atoms with E-state index in [1.54, 1.807) is 12.3 Å². The zero-order valence-electron chi connectivity index (χ0n) is 9.39. The SMILES string of the molecule is Cc1ccc(C(NN)c2ccc(F)cn2)cn1. The van der Waals surface area contributed by atoms with Gasteiger partial charge in [-0.15, -0.1) is 0 Å². The highest BCUT2D eigenvalue weighted by atomic mass is 19.1. The lowest BCUT2D eigenvalue weighted by atomic mass is 10.1. The van der Waals surface area contributed by atoms with Crippen LogP contribution in [0.2, 0.25) is 0 Å². The molecule has 2 aromatic rings. The molecule has 0 bridgehead atoms. The molecule has 0 radical (unpaired) electrons. The molecule has 0 saturated heterocycles. The summed E-state index contributed by atoms with van der Waals surface area (Å²) in [6.45, 7) is 1.91. The maximum absolute atomic E-state index is 12.8.